The average Bonchev–Trinajstić information content (AvgIpc) is 2.67. The van der Waals surface area contributed by atoms with Gasteiger partial charge in [-0.05, 0) is 30.5 Å². The fraction of sp³-hybridized carbons (Fsp3) is 0.429. The molecule has 4 N–H and O–H groups in total. The van der Waals surface area contributed by atoms with Crippen molar-refractivity contribution in [3.63, 3.8) is 0 Å². The predicted octanol–water partition coefficient (Wildman–Crippen LogP) is 2.53. The summed E-state index contributed by atoms with van der Waals surface area (Å²) in [5.41, 5.74) is 7.91. The molecule has 0 radical (unpaired) electrons. The van der Waals surface area contributed by atoms with E-state index < -0.39 is 0 Å². The minimum absolute atomic E-state index is 0.0598. The molecule has 1 atom stereocenters. The number of Topliss-reactive ketones (excluding diaryl/α,β-unsaturated/α-hetero) is 1. The van der Waals surface area contributed by atoms with Crippen LogP contribution in [0.1, 0.15) is 32.3 Å². The van der Waals surface area contributed by atoms with E-state index in [0.29, 0.717) is 30.3 Å². The second-order valence-electron chi connectivity index (χ2n) is 7.63. The van der Waals surface area contributed by atoms with E-state index in [0.717, 1.165) is 18.5 Å². The molecule has 2 heterocycles. The molecule has 1 aliphatic rings. The van der Waals surface area contributed by atoms with E-state index in [-0.39, 0.29) is 23.5 Å². The maximum atomic E-state index is 12.2. The number of ketones is 1. The van der Waals surface area contributed by atoms with E-state index in [9.17, 15) is 9.59 Å². The zero-order valence-corrected chi connectivity index (χ0v) is 17.1. The third-order valence-electron chi connectivity index (χ3n) is 5.12. The number of aliphatic imine (C=N–C) groups is 1. The van der Waals surface area contributed by atoms with Gasteiger partial charge in [-0.2, -0.15) is 4.98 Å². The topological polar surface area (TPSA) is 116 Å². The number of fused-ring (bicyclic) bond motifs is 1. The molecule has 0 aliphatic carbocycles. The Morgan fingerprint density at radius 3 is 2.72 bits per heavy atom. The monoisotopic (exact) mass is 396 g/mol. The van der Waals surface area contributed by atoms with Gasteiger partial charge in [0.2, 0.25) is 5.95 Å². The van der Waals surface area contributed by atoms with Gasteiger partial charge in [0.25, 0.3) is 5.56 Å². The Hall–Kier alpha value is -3.16. The quantitative estimate of drug-likeness (QED) is 0.631. The van der Waals surface area contributed by atoms with E-state index in [1.807, 2.05) is 37.9 Å². The molecule has 8 heteroatoms. The molecule has 1 aliphatic heterocycles. The van der Waals surface area contributed by atoms with Crippen molar-refractivity contribution in [2.75, 3.05) is 29.5 Å². The number of anilines is 3. The normalized spacial score (nSPS) is 15.4. The maximum absolute atomic E-state index is 12.2. The van der Waals surface area contributed by atoms with Crippen LogP contribution >= 0.6 is 0 Å². The molecule has 1 aromatic heterocycles. The van der Waals surface area contributed by atoms with Crippen molar-refractivity contribution < 1.29 is 4.79 Å². The molecule has 0 amide bonds. The second kappa shape index (κ2) is 8.89. The Balaban J connectivity index is 1.54. The van der Waals surface area contributed by atoms with Crippen LogP contribution in [0.4, 0.5) is 23.1 Å². The number of hydrogen-bond donors (Lipinski definition) is 3. The van der Waals surface area contributed by atoms with Crippen LogP contribution in [0.3, 0.4) is 0 Å². The molecule has 3 rings (SSSR count). The number of nitrogens with one attached hydrogen (secondary N) is 2. The summed E-state index contributed by atoms with van der Waals surface area (Å²) in [6.45, 7) is 4.47. The molecule has 0 fully saturated rings. The summed E-state index contributed by atoms with van der Waals surface area (Å²) in [6.07, 6.45) is 4.17. The summed E-state index contributed by atoms with van der Waals surface area (Å²) in [7, 11) is 1.84. The first-order valence-electron chi connectivity index (χ1n) is 9.87. The summed E-state index contributed by atoms with van der Waals surface area (Å²) in [4.78, 5) is 36.6. The van der Waals surface area contributed by atoms with Gasteiger partial charge in [-0.3, -0.25) is 14.6 Å². The number of aromatic nitrogens is 2. The molecular formula is C21H28N6O2. The lowest BCUT2D eigenvalue weighted by atomic mass is 10.0. The van der Waals surface area contributed by atoms with Crippen LogP contribution in [-0.4, -0.2) is 41.6 Å². The number of carbonyl (C=O) groups excluding carboxylic acids is 1. The minimum Gasteiger partial charge on any atom is -0.383 e. The van der Waals surface area contributed by atoms with Crippen molar-refractivity contribution >= 4 is 35.1 Å². The number of likely N-dealkylation sites (N-methyl/N-ethyl adjacent to an activating group) is 1. The number of aryl methyl sites for hydroxylation is 1. The molecule has 8 nitrogen and oxygen atoms in total. The van der Waals surface area contributed by atoms with Crippen LogP contribution in [-0.2, 0) is 11.2 Å². The molecule has 1 unspecified atom stereocenters. The number of nitrogens with zero attached hydrogens (tertiary/aromatic N) is 3. The van der Waals surface area contributed by atoms with Gasteiger partial charge in [0.1, 0.15) is 11.5 Å². The van der Waals surface area contributed by atoms with Crippen LogP contribution in [0.25, 0.3) is 0 Å². The summed E-state index contributed by atoms with van der Waals surface area (Å²) in [5.74, 6) is 0.827. The van der Waals surface area contributed by atoms with Crippen LogP contribution in [0, 0.1) is 5.92 Å². The first-order chi connectivity index (χ1) is 13.8. The number of rotatable bonds is 8. The number of H-pyrrole nitrogens is 1. The first-order valence-corrected chi connectivity index (χ1v) is 9.87. The van der Waals surface area contributed by atoms with Crippen molar-refractivity contribution in [1.82, 2.24) is 9.97 Å². The molecule has 1 aromatic carbocycles. The van der Waals surface area contributed by atoms with Crippen LogP contribution in [0.5, 0.6) is 0 Å². The zero-order valence-electron chi connectivity index (χ0n) is 17.1. The van der Waals surface area contributed by atoms with Crippen molar-refractivity contribution in [1.29, 1.82) is 0 Å². The summed E-state index contributed by atoms with van der Waals surface area (Å²) >= 11 is 0. The van der Waals surface area contributed by atoms with Gasteiger partial charge < -0.3 is 16.0 Å². The van der Waals surface area contributed by atoms with Crippen LogP contribution in [0.15, 0.2) is 34.1 Å². The largest absolute Gasteiger partial charge is 0.383 e. The lowest BCUT2D eigenvalue weighted by Gasteiger charge is -2.30. The molecule has 0 bridgehead atoms. The highest BCUT2D eigenvalue weighted by atomic mass is 16.1. The minimum atomic E-state index is -0.294. The smallest absolute Gasteiger partial charge is 0.278 e. The molecule has 0 spiro atoms. The highest BCUT2D eigenvalue weighted by Crippen LogP contribution is 2.26. The fourth-order valence-corrected chi connectivity index (χ4v) is 3.26. The van der Waals surface area contributed by atoms with Gasteiger partial charge in [0.15, 0.2) is 5.82 Å². The van der Waals surface area contributed by atoms with Gasteiger partial charge in [-0.15, -0.1) is 0 Å². The third-order valence-corrected chi connectivity index (χ3v) is 5.12. The van der Waals surface area contributed by atoms with Gasteiger partial charge in [-0.25, -0.2) is 4.99 Å². The number of aromatic amines is 1. The molecule has 29 heavy (non-hydrogen) atoms. The molecular weight excluding hydrogens is 368 g/mol. The highest BCUT2D eigenvalue weighted by Gasteiger charge is 2.24. The van der Waals surface area contributed by atoms with E-state index in [1.165, 1.54) is 5.56 Å². The summed E-state index contributed by atoms with van der Waals surface area (Å²) in [6, 6.07) is 8.13. The lowest BCUT2D eigenvalue weighted by Crippen LogP contribution is -2.43. The standard InChI is InChI=1S/C21H28N6O2/c1-13(2)17(28)6-4-5-14-7-9-15(10-8-14)23-11-16-12-24-19-18(27(16)3)20(29)26-21(22)25-19/h7-10,12-13,16,23H,4-6,11H2,1-3H3,(H3,22,25,26,29). The number of carbonyl (C=O) groups is 1. The first kappa shape index (κ1) is 20.6. The Morgan fingerprint density at radius 2 is 2.03 bits per heavy atom. The zero-order chi connectivity index (χ0) is 21.0. The number of nitrogen functional groups attached to an aromatic ring is 1. The van der Waals surface area contributed by atoms with Crippen molar-refractivity contribution in [2.24, 2.45) is 10.9 Å². The second-order valence-corrected chi connectivity index (χ2v) is 7.63. The summed E-state index contributed by atoms with van der Waals surface area (Å²) < 4.78 is 0. The van der Waals surface area contributed by atoms with Crippen LogP contribution < -0.4 is 21.5 Å². The van der Waals surface area contributed by atoms with E-state index in [2.05, 4.69) is 32.4 Å². The number of nitrogens with two attached hydrogens (primary N) is 1. The molecule has 0 saturated carbocycles. The third kappa shape index (κ3) is 5.01. The maximum Gasteiger partial charge on any atom is 0.278 e. The molecule has 0 saturated heterocycles. The van der Waals surface area contributed by atoms with E-state index in [1.54, 1.807) is 6.21 Å². The van der Waals surface area contributed by atoms with Gasteiger partial charge in [0, 0.05) is 37.8 Å². The Kier molecular flexibility index (Phi) is 6.31. The van der Waals surface area contributed by atoms with Crippen molar-refractivity contribution in [3.05, 3.63) is 40.2 Å². The Bertz CT molecular complexity index is 949. The molecule has 154 valence electrons. The van der Waals surface area contributed by atoms with E-state index >= 15 is 0 Å². The Morgan fingerprint density at radius 1 is 1.31 bits per heavy atom. The number of hydrogen-bond acceptors (Lipinski definition) is 7. The average molecular weight is 396 g/mol. The van der Waals surface area contributed by atoms with Gasteiger partial charge >= 0.3 is 0 Å². The Labute approximate surface area is 170 Å². The van der Waals surface area contributed by atoms with Crippen molar-refractivity contribution in [3.8, 4) is 0 Å². The summed E-state index contributed by atoms with van der Waals surface area (Å²) in [5, 5.41) is 3.38. The fourth-order valence-electron chi connectivity index (χ4n) is 3.26. The number of benzene rings is 1. The highest BCUT2D eigenvalue weighted by molar-refractivity contribution is 5.82. The lowest BCUT2D eigenvalue weighted by molar-refractivity contribution is -0.121. The van der Waals surface area contributed by atoms with Crippen molar-refractivity contribution in [2.45, 2.75) is 39.2 Å². The van der Waals surface area contributed by atoms with Gasteiger partial charge in [-0.1, -0.05) is 26.0 Å². The van der Waals surface area contributed by atoms with E-state index in [4.69, 9.17) is 5.73 Å². The van der Waals surface area contributed by atoms with Crippen LogP contribution in [0.2, 0.25) is 0 Å². The predicted molar refractivity (Wildman–Crippen MR) is 117 cm³/mol. The molecule has 2 aromatic rings. The van der Waals surface area contributed by atoms with Gasteiger partial charge in [0.05, 0.1) is 6.04 Å². The SMILES string of the molecule is CC(C)C(=O)CCCc1ccc(NCC2C=Nc3nc(N)[nH]c(=O)c3N2C)cc1.